The van der Waals surface area contributed by atoms with Gasteiger partial charge in [-0.05, 0) is 30.5 Å². The molecule has 2 aromatic carbocycles. The topological polar surface area (TPSA) is 46.9 Å². The van der Waals surface area contributed by atoms with E-state index in [1.165, 1.54) is 17.8 Å². The Bertz CT molecular complexity index is 913. The molecule has 0 aliphatic carbocycles. The number of amides is 1. The van der Waals surface area contributed by atoms with Gasteiger partial charge in [0.2, 0.25) is 0 Å². The van der Waals surface area contributed by atoms with Crippen LogP contribution in [0.3, 0.4) is 0 Å². The van der Waals surface area contributed by atoms with Gasteiger partial charge in [-0.1, -0.05) is 29.8 Å². The predicted octanol–water partition coefficient (Wildman–Crippen LogP) is 4.70. The third-order valence-electron chi connectivity index (χ3n) is 3.59. The Kier molecular flexibility index (Phi) is 5.40. The van der Waals surface area contributed by atoms with Gasteiger partial charge in [0.15, 0.2) is 5.82 Å². The smallest absolute Gasteiger partial charge is 0.258 e. The maximum Gasteiger partial charge on any atom is 0.258 e. The van der Waals surface area contributed by atoms with Crippen molar-refractivity contribution in [2.45, 2.75) is 11.4 Å². The number of aromatic nitrogens is 2. The SMILES string of the molecule is CSc1ccc(Cl)c(C(=O)Nc2ccn(Cc3ccccc3F)n2)c1. The zero-order valence-corrected chi connectivity index (χ0v) is 14.9. The van der Waals surface area contributed by atoms with Gasteiger partial charge < -0.3 is 5.32 Å². The van der Waals surface area contributed by atoms with Gasteiger partial charge >= 0.3 is 0 Å². The summed E-state index contributed by atoms with van der Waals surface area (Å²) in [4.78, 5) is 13.4. The molecule has 0 radical (unpaired) electrons. The highest BCUT2D eigenvalue weighted by Gasteiger charge is 2.13. The van der Waals surface area contributed by atoms with Crippen LogP contribution in [0.4, 0.5) is 10.2 Å². The minimum atomic E-state index is -0.336. The lowest BCUT2D eigenvalue weighted by Crippen LogP contribution is -2.13. The highest BCUT2D eigenvalue weighted by Crippen LogP contribution is 2.23. The molecule has 25 heavy (non-hydrogen) atoms. The summed E-state index contributed by atoms with van der Waals surface area (Å²) < 4.78 is 15.3. The first kappa shape index (κ1) is 17.5. The minimum Gasteiger partial charge on any atom is -0.305 e. The van der Waals surface area contributed by atoms with Crippen LogP contribution >= 0.6 is 23.4 Å². The Morgan fingerprint density at radius 1 is 1.28 bits per heavy atom. The van der Waals surface area contributed by atoms with Gasteiger partial charge in [-0.25, -0.2) is 4.39 Å². The molecule has 1 N–H and O–H groups in total. The molecule has 0 bridgehead atoms. The van der Waals surface area contributed by atoms with Crippen LogP contribution in [0.1, 0.15) is 15.9 Å². The van der Waals surface area contributed by atoms with E-state index in [9.17, 15) is 9.18 Å². The molecule has 128 valence electrons. The highest BCUT2D eigenvalue weighted by molar-refractivity contribution is 7.98. The fraction of sp³-hybridized carbons (Fsp3) is 0.111. The van der Waals surface area contributed by atoms with E-state index in [1.54, 1.807) is 47.3 Å². The second-order valence-electron chi connectivity index (χ2n) is 5.29. The third kappa shape index (κ3) is 4.21. The lowest BCUT2D eigenvalue weighted by Gasteiger charge is -2.06. The van der Waals surface area contributed by atoms with Gasteiger partial charge in [0.25, 0.3) is 5.91 Å². The van der Waals surface area contributed by atoms with Gasteiger partial charge in [-0.3, -0.25) is 9.48 Å². The Labute approximate surface area is 154 Å². The number of nitrogens with one attached hydrogen (secondary N) is 1. The van der Waals surface area contributed by atoms with Crippen LogP contribution in [0.5, 0.6) is 0 Å². The van der Waals surface area contributed by atoms with Crippen LogP contribution in [0.25, 0.3) is 0 Å². The average molecular weight is 376 g/mol. The summed E-state index contributed by atoms with van der Waals surface area (Å²) in [5.41, 5.74) is 0.913. The van der Waals surface area contributed by atoms with Crippen molar-refractivity contribution in [3.63, 3.8) is 0 Å². The lowest BCUT2D eigenvalue weighted by molar-refractivity contribution is 0.102. The molecule has 0 spiro atoms. The molecule has 1 aromatic heterocycles. The number of hydrogen-bond donors (Lipinski definition) is 1. The molecule has 0 aliphatic rings. The quantitative estimate of drug-likeness (QED) is 0.657. The summed E-state index contributed by atoms with van der Waals surface area (Å²) in [6.45, 7) is 0.283. The molecule has 0 saturated heterocycles. The van der Waals surface area contributed by atoms with Crippen LogP contribution in [-0.4, -0.2) is 21.9 Å². The van der Waals surface area contributed by atoms with Crippen molar-refractivity contribution in [2.75, 3.05) is 11.6 Å². The molecule has 0 atom stereocenters. The number of anilines is 1. The standard InChI is InChI=1S/C18H15ClFN3OS/c1-25-13-6-7-15(19)14(10-13)18(24)21-17-8-9-23(22-17)11-12-4-2-3-5-16(12)20/h2-10H,11H2,1H3,(H,21,22,24). The second kappa shape index (κ2) is 7.72. The maximum atomic E-state index is 13.7. The number of hydrogen-bond acceptors (Lipinski definition) is 3. The van der Waals surface area contributed by atoms with Crippen molar-refractivity contribution in [3.8, 4) is 0 Å². The molecule has 1 heterocycles. The lowest BCUT2D eigenvalue weighted by atomic mass is 10.2. The van der Waals surface area contributed by atoms with Gasteiger partial charge in [-0.15, -0.1) is 11.8 Å². The predicted molar refractivity (Wildman–Crippen MR) is 98.9 cm³/mol. The number of rotatable bonds is 5. The average Bonchev–Trinajstić information content (AvgIpc) is 3.04. The van der Waals surface area contributed by atoms with E-state index in [0.29, 0.717) is 22.0 Å². The van der Waals surface area contributed by atoms with E-state index < -0.39 is 0 Å². The number of benzene rings is 2. The largest absolute Gasteiger partial charge is 0.305 e. The molecule has 1 amide bonds. The number of nitrogens with zero attached hydrogens (tertiary/aromatic N) is 2. The number of thioether (sulfide) groups is 1. The van der Waals surface area contributed by atoms with Crippen molar-refractivity contribution in [2.24, 2.45) is 0 Å². The Hall–Kier alpha value is -2.31. The first-order valence-electron chi connectivity index (χ1n) is 7.48. The molecule has 0 unspecified atom stereocenters. The van der Waals surface area contributed by atoms with Gasteiger partial charge in [0.05, 0.1) is 17.1 Å². The normalized spacial score (nSPS) is 10.7. The van der Waals surface area contributed by atoms with Crippen molar-refractivity contribution in [3.05, 3.63) is 76.7 Å². The van der Waals surface area contributed by atoms with E-state index in [4.69, 9.17) is 11.6 Å². The molecule has 3 rings (SSSR count). The Morgan fingerprint density at radius 3 is 2.84 bits per heavy atom. The van der Waals surface area contributed by atoms with E-state index in [-0.39, 0.29) is 18.3 Å². The Balaban J connectivity index is 1.73. The molecular formula is C18H15ClFN3OS. The molecule has 4 nitrogen and oxygen atoms in total. The molecule has 0 aliphatic heterocycles. The number of halogens is 2. The van der Waals surface area contributed by atoms with Crippen LogP contribution in [0.15, 0.2) is 59.6 Å². The van der Waals surface area contributed by atoms with E-state index in [1.807, 2.05) is 12.3 Å². The summed E-state index contributed by atoms with van der Waals surface area (Å²) in [6, 6.07) is 13.5. The van der Waals surface area contributed by atoms with Crippen LogP contribution < -0.4 is 5.32 Å². The summed E-state index contributed by atoms with van der Waals surface area (Å²) in [6.07, 6.45) is 3.61. The third-order valence-corrected chi connectivity index (χ3v) is 4.65. The molecule has 0 saturated carbocycles. The van der Waals surface area contributed by atoms with Crippen LogP contribution in [0, 0.1) is 5.82 Å². The van der Waals surface area contributed by atoms with E-state index in [2.05, 4.69) is 10.4 Å². The van der Waals surface area contributed by atoms with Crippen LogP contribution in [-0.2, 0) is 6.54 Å². The van der Waals surface area contributed by atoms with Gasteiger partial charge in [-0.2, -0.15) is 5.10 Å². The van der Waals surface area contributed by atoms with Crippen molar-refractivity contribution in [1.82, 2.24) is 9.78 Å². The summed E-state index contributed by atoms with van der Waals surface area (Å²) in [5, 5.41) is 7.34. The fourth-order valence-corrected chi connectivity index (χ4v) is 2.95. The first-order chi connectivity index (χ1) is 12.1. The van der Waals surface area contributed by atoms with Crippen molar-refractivity contribution >= 4 is 35.1 Å². The molecule has 7 heteroatoms. The Morgan fingerprint density at radius 2 is 2.08 bits per heavy atom. The summed E-state index contributed by atoms with van der Waals surface area (Å²) in [7, 11) is 0. The first-order valence-corrected chi connectivity index (χ1v) is 9.09. The van der Waals surface area contributed by atoms with Crippen molar-refractivity contribution < 1.29 is 9.18 Å². The maximum absolute atomic E-state index is 13.7. The van der Waals surface area contributed by atoms with Gasteiger partial charge in [0.1, 0.15) is 5.82 Å². The van der Waals surface area contributed by atoms with Crippen molar-refractivity contribution in [1.29, 1.82) is 0 Å². The van der Waals surface area contributed by atoms with E-state index in [0.717, 1.165) is 4.90 Å². The molecule has 0 fully saturated rings. The van der Waals surface area contributed by atoms with E-state index >= 15 is 0 Å². The molecular weight excluding hydrogens is 361 g/mol. The van der Waals surface area contributed by atoms with Crippen LogP contribution in [0.2, 0.25) is 5.02 Å². The zero-order valence-electron chi connectivity index (χ0n) is 13.4. The fourth-order valence-electron chi connectivity index (χ4n) is 2.31. The number of carbonyl (C=O) groups excluding carboxylic acids is 1. The highest BCUT2D eigenvalue weighted by atomic mass is 35.5. The summed E-state index contributed by atoms with van der Waals surface area (Å²) in [5.74, 6) is -0.242. The number of carbonyl (C=O) groups is 1. The molecule has 3 aromatic rings. The summed E-state index contributed by atoms with van der Waals surface area (Å²) >= 11 is 7.64. The second-order valence-corrected chi connectivity index (χ2v) is 6.58. The van der Waals surface area contributed by atoms with Gasteiger partial charge in [0, 0.05) is 22.7 Å². The minimum absolute atomic E-state index is 0.283. The monoisotopic (exact) mass is 375 g/mol. The zero-order chi connectivity index (χ0) is 17.8.